The summed E-state index contributed by atoms with van der Waals surface area (Å²) in [6.45, 7) is 10.3. The second-order valence-corrected chi connectivity index (χ2v) is 7.73. The van der Waals surface area contributed by atoms with Gasteiger partial charge in [-0.25, -0.2) is 9.79 Å². The number of nitrogens with zero attached hydrogens (tertiary/aromatic N) is 1. The minimum Gasteiger partial charge on any atom is -0.489 e. The first-order chi connectivity index (χ1) is 17.9. The molecule has 0 aliphatic rings. The van der Waals surface area contributed by atoms with Gasteiger partial charge in [0.15, 0.2) is 0 Å². The van der Waals surface area contributed by atoms with Crippen LogP contribution in [0.25, 0.3) is 0 Å². The first-order valence-electron chi connectivity index (χ1n) is 12.5. The van der Waals surface area contributed by atoms with Crippen LogP contribution in [-0.2, 0) is 20.9 Å². The Morgan fingerprint density at radius 1 is 1.00 bits per heavy atom. The third-order valence-corrected chi connectivity index (χ3v) is 4.93. The SMILES string of the molecule is CC.CCC(=N/C=C(\CC)C(=O)OC)NC(=O)c1cc(OCc2ccccc2)cc(OC(C)COC)c1. The monoisotopic (exact) mass is 512 g/mol. The van der Waals surface area contributed by atoms with Crippen LogP contribution in [-0.4, -0.2) is 44.6 Å². The Morgan fingerprint density at radius 3 is 2.27 bits per heavy atom. The van der Waals surface area contributed by atoms with E-state index in [-0.39, 0.29) is 12.0 Å². The fourth-order valence-corrected chi connectivity index (χ4v) is 3.09. The van der Waals surface area contributed by atoms with Crippen LogP contribution in [0.15, 0.2) is 65.3 Å². The molecule has 0 aromatic heterocycles. The highest BCUT2D eigenvalue weighted by Gasteiger charge is 2.14. The van der Waals surface area contributed by atoms with Crippen LogP contribution in [0, 0.1) is 0 Å². The molecule has 8 heteroatoms. The highest BCUT2D eigenvalue weighted by Crippen LogP contribution is 2.25. The van der Waals surface area contributed by atoms with Crippen molar-refractivity contribution in [2.75, 3.05) is 20.8 Å². The van der Waals surface area contributed by atoms with Gasteiger partial charge in [-0.3, -0.25) is 4.79 Å². The minimum absolute atomic E-state index is 0.219. The van der Waals surface area contributed by atoms with E-state index in [2.05, 4.69) is 10.3 Å². The summed E-state index contributed by atoms with van der Waals surface area (Å²) in [4.78, 5) is 29.1. The van der Waals surface area contributed by atoms with Gasteiger partial charge >= 0.3 is 5.97 Å². The number of amidine groups is 1. The predicted molar refractivity (Wildman–Crippen MR) is 146 cm³/mol. The number of amides is 1. The molecular formula is C29H40N2O6. The summed E-state index contributed by atoms with van der Waals surface area (Å²) < 4.78 is 21.8. The molecule has 0 saturated heterocycles. The van der Waals surface area contributed by atoms with Gasteiger partial charge in [-0.1, -0.05) is 58.0 Å². The van der Waals surface area contributed by atoms with Crippen LogP contribution < -0.4 is 14.8 Å². The molecule has 0 heterocycles. The smallest absolute Gasteiger partial charge is 0.335 e. The number of carbonyl (C=O) groups excluding carboxylic acids is 2. The molecule has 0 saturated carbocycles. The van der Waals surface area contributed by atoms with Crippen LogP contribution in [0.4, 0.5) is 0 Å². The van der Waals surface area contributed by atoms with Crippen molar-refractivity contribution in [3.8, 4) is 11.5 Å². The molecule has 0 aliphatic heterocycles. The fourth-order valence-electron chi connectivity index (χ4n) is 3.09. The number of ether oxygens (including phenoxy) is 4. The predicted octanol–water partition coefficient (Wildman–Crippen LogP) is 5.71. The summed E-state index contributed by atoms with van der Waals surface area (Å²) >= 11 is 0. The van der Waals surface area contributed by atoms with Gasteiger partial charge in [-0.05, 0) is 31.0 Å². The number of carbonyl (C=O) groups is 2. The molecule has 1 atom stereocenters. The molecule has 2 aromatic rings. The van der Waals surface area contributed by atoms with Crippen LogP contribution >= 0.6 is 0 Å². The number of benzene rings is 2. The molecule has 2 rings (SSSR count). The van der Waals surface area contributed by atoms with Gasteiger partial charge < -0.3 is 24.3 Å². The molecule has 0 fully saturated rings. The fraction of sp³-hybridized carbons (Fsp3) is 0.414. The first kappa shape index (κ1) is 31.4. The van der Waals surface area contributed by atoms with Crippen molar-refractivity contribution in [2.45, 2.75) is 60.2 Å². The molecule has 1 amide bonds. The summed E-state index contributed by atoms with van der Waals surface area (Å²) in [6.07, 6.45) is 2.12. The van der Waals surface area contributed by atoms with Crippen molar-refractivity contribution in [1.29, 1.82) is 0 Å². The number of rotatable bonds is 12. The van der Waals surface area contributed by atoms with E-state index < -0.39 is 5.97 Å². The van der Waals surface area contributed by atoms with Gasteiger partial charge in [0.25, 0.3) is 5.91 Å². The van der Waals surface area contributed by atoms with Gasteiger partial charge in [0.05, 0.1) is 19.3 Å². The molecule has 202 valence electrons. The maximum Gasteiger partial charge on any atom is 0.335 e. The summed E-state index contributed by atoms with van der Waals surface area (Å²) in [7, 11) is 2.92. The summed E-state index contributed by atoms with van der Waals surface area (Å²) in [5.74, 6) is 0.572. The zero-order valence-corrected chi connectivity index (χ0v) is 23.0. The molecule has 0 aliphatic carbocycles. The lowest BCUT2D eigenvalue weighted by Crippen LogP contribution is -2.30. The normalized spacial score (nSPS) is 12.1. The van der Waals surface area contributed by atoms with E-state index in [1.807, 2.05) is 65.0 Å². The van der Waals surface area contributed by atoms with Crippen molar-refractivity contribution in [1.82, 2.24) is 5.32 Å². The molecule has 2 aromatic carbocycles. The van der Waals surface area contributed by atoms with E-state index in [1.165, 1.54) is 13.3 Å². The number of aliphatic imine (C=N–C) groups is 1. The van der Waals surface area contributed by atoms with Gasteiger partial charge in [0.2, 0.25) is 0 Å². The Labute approximate surface area is 220 Å². The second-order valence-electron chi connectivity index (χ2n) is 7.73. The summed E-state index contributed by atoms with van der Waals surface area (Å²) in [6, 6.07) is 14.8. The zero-order chi connectivity index (χ0) is 27.6. The molecule has 37 heavy (non-hydrogen) atoms. The number of hydrogen-bond acceptors (Lipinski definition) is 7. The largest absolute Gasteiger partial charge is 0.489 e. The van der Waals surface area contributed by atoms with E-state index in [1.54, 1.807) is 25.3 Å². The first-order valence-corrected chi connectivity index (χ1v) is 12.5. The molecule has 0 spiro atoms. The summed E-state index contributed by atoms with van der Waals surface area (Å²) in [5.41, 5.74) is 1.76. The van der Waals surface area contributed by atoms with E-state index >= 15 is 0 Å². The molecule has 1 N–H and O–H groups in total. The average Bonchev–Trinajstić information content (AvgIpc) is 2.92. The van der Waals surface area contributed by atoms with Crippen molar-refractivity contribution in [3.05, 3.63) is 71.4 Å². The van der Waals surface area contributed by atoms with Gasteiger partial charge in [-0.15, -0.1) is 0 Å². The number of nitrogens with one attached hydrogen (secondary N) is 1. The Morgan fingerprint density at radius 2 is 1.68 bits per heavy atom. The van der Waals surface area contributed by atoms with Gasteiger partial charge in [-0.2, -0.15) is 0 Å². The van der Waals surface area contributed by atoms with E-state index in [9.17, 15) is 9.59 Å². The van der Waals surface area contributed by atoms with Crippen LogP contribution in [0.5, 0.6) is 11.5 Å². The van der Waals surface area contributed by atoms with Crippen LogP contribution in [0.3, 0.4) is 0 Å². The Hall–Kier alpha value is -3.65. The maximum atomic E-state index is 13.1. The Balaban J connectivity index is 0.00000334. The van der Waals surface area contributed by atoms with Crippen molar-refractivity contribution >= 4 is 17.7 Å². The van der Waals surface area contributed by atoms with Crippen molar-refractivity contribution in [2.24, 2.45) is 4.99 Å². The van der Waals surface area contributed by atoms with E-state index in [4.69, 9.17) is 18.9 Å². The average molecular weight is 513 g/mol. The Bertz CT molecular complexity index is 1030. The van der Waals surface area contributed by atoms with Gasteiger partial charge in [0.1, 0.15) is 30.0 Å². The van der Waals surface area contributed by atoms with Crippen molar-refractivity contribution < 1.29 is 28.5 Å². The number of hydrogen-bond donors (Lipinski definition) is 1. The molecule has 1 unspecified atom stereocenters. The maximum absolute atomic E-state index is 13.1. The molecular weight excluding hydrogens is 472 g/mol. The quantitative estimate of drug-likeness (QED) is 0.169. The van der Waals surface area contributed by atoms with E-state index in [0.29, 0.717) is 54.5 Å². The minimum atomic E-state index is -0.451. The van der Waals surface area contributed by atoms with Crippen LogP contribution in [0.1, 0.15) is 63.4 Å². The van der Waals surface area contributed by atoms with E-state index in [0.717, 1.165) is 5.56 Å². The third-order valence-electron chi connectivity index (χ3n) is 4.93. The van der Waals surface area contributed by atoms with Crippen LogP contribution in [0.2, 0.25) is 0 Å². The molecule has 8 nitrogen and oxygen atoms in total. The zero-order valence-electron chi connectivity index (χ0n) is 23.0. The topological polar surface area (TPSA) is 95.5 Å². The lowest BCUT2D eigenvalue weighted by atomic mass is 10.1. The lowest BCUT2D eigenvalue weighted by Gasteiger charge is -2.16. The highest BCUT2D eigenvalue weighted by atomic mass is 16.5. The summed E-state index contributed by atoms with van der Waals surface area (Å²) in [5, 5.41) is 2.80. The lowest BCUT2D eigenvalue weighted by molar-refractivity contribution is -0.136. The van der Waals surface area contributed by atoms with Gasteiger partial charge in [0, 0.05) is 31.4 Å². The second kappa shape index (κ2) is 17.7. The third kappa shape index (κ3) is 11.3. The number of esters is 1. The number of methoxy groups -OCH3 is 2. The highest BCUT2D eigenvalue weighted by molar-refractivity contribution is 6.07. The standard InChI is InChI=1S/C27H34N2O6.C2H6/c1-6-21(27(31)33-5)16-28-25(7-2)29-26(30)22-13-23(34-18-20-11-9-8-10-12-20)15-24(14-22)35-19(3)17-32-4;1-2/h8-16,19H,6-7,17-18H2,1-5H3,(H,28,29,30);1-2H3/b21-16+;. The molecule has 0 bridgehead atoms. The van der Waals surface area contributed by atoms with Crippen molar-refractivity contribution in [3.63, 3.8) is 0 Å². The Kier molecular flexibility index (Phi) is 15.0. The molecule has 0 radical (unpaired) electrons.